The molecule has 0 aromatic heterocycles. The number of piperidine rings is 1. The van der Waals surface area contributed by atoms with E-state index in [1.165, 1.54) is 0 Å². The Morgan fingerprint density at radius 1 is 1.29 bits per heavy atom. The quantitative estimate of drug-likeness (QED) is 0.702. The number of β-amino-alcohol motifs (C(OH)–C–C–N with tert-alkyl or cyclic N) is 1. The van der Waals surface area contributed by atoms with E-state index in [-0.39, 0.29) is 19.1 Å². The second-order valence-electron chi connectivity index (χ2n) is 6.38. The molecule has 2 heterocycles. The minimum Gasteiger partial charge on any atom is -0.481 e. The smallest absolute Gasteiger partial charge is 0.317 e. The number of carbonyl (C=O) groups excluding carboxylic acids is 1. The fraction of sp³-hybridized carbons (Fsp3) is 0.857. The lowest BCUT2D eigenvalue weighted by atomic mass is 9.80. The molecule has 2 amide bonds. The summed E-state index contributed by atoms with van der Waals surface area (Å²) in [5.74, 6) is -0.892. The molecule has 1 atom stereocenters. The van der Waals surface area contributed by atoms with Crippen molar-refractivity contribution in [3.8, 4) is 0 Å². The van der Waals surface area contributed by atoms with Gasteiger partial charge in [-0.1, -0.05) is 0 Å². The maximum Gasteiger partial charge on any atom is 0.317 e. The first-order chi connectivity index (χ1) is 9.85. The summed E-state index contributed by atoms with van der Waals surface area (Å²) in [5, 5.41) is 22.2. The number of aliphatic hydroxyl groups is 1. The zero-order valence-corrected chi connectivity index (χ0v) is 12.4. The maximum absolute atomic E-state index is 12.2. The van der Waals surface area contributed by atoms with Crippen LogP contribution in [0.3, 0.4) is 0 Å². The van der Waals surface area contributed by atoms with Gasteiger partial charge in [0.2, 0.25) is 0 Å². The molecule has 0 bridgehead atoms. The van der Waals surface area contributed by atoms with Crippen LogP contribution in [-0.2, 0) is 9.53 Å². The van der Waals surface area contributed by atoms with Crippen molar-refractivity contribution >= 4 is 12.0 Å². The van der Waals surface area contributed by atoms with Gasteiger partial charge in [-0.2, -0.15) is 0 Å². The monoisotopic (exact) mass is 300 g/mol. The Balaban J connectivity index is 1.91. The Hall–Kier alpha value is -1.34. The highest BCUT2D eigenvalue weighted by molar-refractivity contribution is 5.78. The number of rotatable bonds is 3. The lowest BCUT2D eigenvalue weighted by Gasteiger charge is -2.38. The summed E-state index contributed by atoms with van der Waals surface area (Å²) >= 11 is 0. The van der Waals surface area contributed by atoms with Crippen LogP contribution in [0.15, 0.2) is 0 Å². The van der Waals surface area contributed by atoms with E-state index in [1.54, 1.807) is 11.8 Å². The molecule has 21 heavy (non-hydrogen) atoms. The topological polar surface area (TPSA) is 99.1 Å². The van der Waals surface area contributed by atoms with Crippen molar-refractivity contribution in [3.63, 3.8) is 0 Å². The summed E-state index contributed by atoms with van der Waals surface area (Å²) in [5.41, 5.74) is -1.80. The molecule has 120 valence electrons. The molecule has 2 rings (SSSR count). The number of hydrogen-bond donors (Lipinski definition) is 3. The molecule has 0 aliphatic carbocycles. The number of likely N-dealkylation sites (tertiary alicyclic amines) is 1. The van der Waals surface area contributed by atoms with Crippen molar-refractivity contribution in [2.45, 2.75) is 38.2 Å². The second kappa shape index (κ2) is 6.19. The van der Waals surface area contributed by atoms with Gasteiger partial charge in [0.1, 0.15) is 0 Å². The molecular weight excluding hydrogens is 276 g/mol. The van der Waals surface area contributed by atoms with Crippen LogP contribution in [0.25, 0.3) is 0 Å². The summed E-state index contributed by atoms with van der Waals surface area (Å²) in [6, 6.07) is -0.304. The van der Waals surface area contributed by atoms with Gasteiger partial charge in [-0.05, 0) is 32.6 Å². The molecule has 0 saturated carbocycles. The van der Waals surface area contributed by atoms with Crippen LogP contribution < -0.4 is 5.32 Å². The highest BCUT2D eigenvalue weighted by Crippen LogP contribution is 2.30. The van der Waals surface area contributed by atoms with Crippen LogP contribution in [0.5, 0.6) is 0 Å². The lowest BCUT2D eigenvalue weighted by Crippen LogP contribution is -2.54. The van der Waals surface area contributed by atoms with Gasteiger partial charge < -0.3 is 25.2 Å². The summed E-state index contributed by atoms with van der Waals surface area (Å²) in [6.07, 6.45) is 2.23. The van der Waals surface area contributed by atoms with Gasteiger partial charge in [0.15, 0.2) is 0 Å². The second-order valence-corrected chi connectivity index (χ2v) is 6.38. The number of nitrogens with zero attached hydrogens (tertiary/aromatic N) is 1. The number of amides is 2. The van der Waals surface area contributed by atoms with Crippen molar-refractivity contribution in [2.24, 2.45) is 5.41 Å². The largest absolute Gasteiger partial charge is 0.481 e. The highest BCUT2D eigenvalue weighted by atomic mass is 16.5. The highest BCUT2D eigenvalue weighted by Gasteiger charge is 2.41. The van der Waals surface area contributed by atoms with E-state index in [4.69, 9.17) is 4.74 Å². The van der Waals surface area contributed by atoms with E-state index in [0.29, 0.717) is 39.0 Å². The number of hydrogen-bond acceptors (Lipinski definition) is 4. The summed E-state index contributed by atoms with van der Waals surface area (Å²) in [6.45, 7) is 3.49. The summed E-state index contributed by atoms with van der Waals surface area (Å²) in [4.78, 5) is 25.2. The predicted octanol–water partition coefficient (Wildman–Crippen LogP) is 0.424. The van der Waals surface area contributed by atoms with Gasteiger partial charge in [0, 0.05) is 26.3 Å². The molecule has 2 aliphatic heterocycles. The third kappa shape index (κ3) is 3.85. The third-order valence-corrected chi connectivity index (χ3v) is 4.44. The Bertz CT molecular complexity index is 404. The first-order valence-electron chi connectivity index (χ1n) is 7.41. The Morgan fingerprint density at radius 2 is 1.95 bits per heavy atom. The van der Waals surface area contributed by atoms with Gasteiger partial charge in [-0.3, -0.25) is 4.79 Å². The number of aliphatic carboxylic acids is 1. The van der Waals surface area contributed by atoms with Crippen LogP contribution in [0.4, 0.5) is 4.79 Å². The fourth-order valence-corrected chi connectivity index (χ4v) is 2.98. The van der Waals surface area contributed by atoms with Crippen molar-refractivity contribution in [3.05, 3.63) is 0 Å². The SMILES string of the molecule is CC1(O)CCCN(C(=O)NCC2(C(=O)O)CCOCC2)C1. The summed E-state index contributed by atoms with van der Waals surface area (Å²) < 4.78 is 5.21. The minimum absolute atomic E-state index is 0.100. The average Bonchev–Trinajstić information content (AvgIpc) is 2.44. The number of ether oxygens (including phenoxy) is 1. The number of carbonyl (C=O) groups is 2. The predicted molar refractivity (Wildman–Crippen MR) is 75.0 cm³/mol. The van der Waals surface area contributed by atoms with Crippen LogP contribution in [0.2, 0.25) is 0 Å². The van der Waals surface area contributed by atoms with Gasteiger partial charge in [-0.25, -0.2) is 4.79 Å². The molecule has 2 fully saturated rings. The van der Waals surface area contributed by atoms with Gasteiger partial charge >= 0.3 is 12.0 Å². The van der Waals surface area contributed by atoms with Gasteiger partial charge in [0.05, 0.1) is 17.6 Å². The molecule has 3 N–H and O–H groups in total. The van der Waals surface area contributed by atoms with Crippen LogP contribution in [-0.4, -0.2) is 65.6 Å². The molecule has 0 spiro atoms. The number of urea groups is 1. The van der Waals surface area contributed by atoms with Crippen molar-refractivity contribution in [2.75, 3.05) is 32.8 Å². The lowest BCUT2D eigenvalue weighted by molar-refractivity contribution is -0.154. The maximum atomic E-state index is 12.2. The van der Waals surface area contributed by atoms with E-state index in [2.05, 4.69) is 5.32 Å². The van der Waals surface area contributed by atoms with E-state index >= 15 is 0 Å². The first-order valence-corrected chi connectivity index (χ1v) is 7.41. The van der Waals surface area contributed by atoms with Crippen LogP contribution in [0, 0.1) is 5.41 Å². The molecule has 0 aromatic rings. The van der Waals surface area contributed by atoms with E-state index < -0.39 is 17.0 Å². The Labute approximate surface area is 124 Å². The van der Waals surface area contributed by atoms with Gasteiger partial charge in [0.25, 0.3) is 0 Å². The first kappa shape index (κ1) is 16.0. The standard InChI is InChI=1S/C14H24N2O5/c1-13(20)3-2-6-16(10-13)12(19)15-9-14(11(17)18)4-7-21-8-5-14/h20H,2-10H2,1H3,(H,15,19)(H,17,18). The molecule has 1 unspecified atom stereocenters. The molecule has 7 heteroatoms. The van der Waals surface area contributed by atoms with Crippen LogP contribution >= 0.6 is 0 Å². The molecule has 0 radical (unpaired) electrons. The number of nitrogens with one attached hydrogen (secondary N) is 1. The number of carboxylic acids is 1. The average molecular weight is 300 g/mol. The molecule has 2 saturated heterocycles. The Morgan fingerprint density at radius 3 is 2.52 bits per heavy atom. The molecule has 7 nitrogen and oxygen atoms in total. The normalized spacial score (nSPS) is 29.0. The summed E-state index contributed by atoms with van der Waals surface area (Å²) in [7, 11) is 0. The molecular formula is C14H24N2O5. The van der Waals surface area contributed by atoms with E-state index in [0.717, 1.165) is 6.42 Å². The van der Waals surface area contributed by atoms with Gasteiger partial charge in [-0.15, -0.1) is 0 Å². The molecule has 0 aromatic carbocycles. The zero-order valence-electron chi connectivity index (χ0n) is 12.4. The fourth-order valence-electron chi connectivity index (χ4n) is 2.98. The van der Waals surface area contributed by atoms with E-state index in [9.17, 15) is 19.8 Å². The van der Waals surface area contributed by atoms with Crippen molar-refractivity contribution < 1.29 is 24.5 Å². The minimum atomic E-state index is -0.938. The molecule has 2 aliphatic rings. The van der Waals surface area contributed by atoms with Crippen molar-refractivity contribution in [1.29, 1.82) is 0 Å². The Kier molecular flexibility index (Phi) is 4.73. The third-order valence-electron chi connectivity index (χ3n) is 4.44. The van der Waals surface area contributed by atoms with Crippen molar-refractivity contribution in [1.82, 2.24) is 10.2 Å². The zero-order chi connectivity index (χ0) is 15.5. The number of carboxylic acid groups (broad SMARTS) is 1. The van der Waals surface area contributed by atoms with E-state index in [1.807, 2.05) is 0 Å². The van der Waals surface area contributed by atoms with Crippen LogP contribution in [0.1, 0.15) is 32.6 Å².